The van der Waals surface area contributed by atoms with E-state index in [1.165, 1.54) is 16.0 Å². The number of fused-ring (bicyclic) bond motifs is 1. The van der Waals surface area contributed by atoms with Crippen molar-refractivity contribution < 1.29 is 4.79 Å². The first-order chi connectivity index (χ1) is 9.52. The van der Waals surface area contributed by atoms with Crippen molar-refractivity contribution in [2.24, 2.45) is 7.05 Å². The maximum Gasteiger partial charge on any atom is 0.279 e. The summed E-state index contributed by atoms with van der Waals surface area (Å²) in [4.78, 5) is 16.5. The van der Waals surface area contributed by atoms with Crippen LogP contribution in [-0.4, -0.2) is 20.7 Å². The zero-order valence-corrected chi connectivity index (χ0v) is 12.4. The molecule has 1 N–H and O–H groups in total. The van der Waals surface area contributed by atoms with Crippen molar-refractivity contribution in [3.63, 3.8) is 0 Å². The molecule has 0 bridgehead atoms. The van der Waals surface area contributed by atoms with Gasteiger partial charge >= 0.3 is 0 Å². The second kappa shape index (κ2) is 4.88. The quantitative estimate of drug-likeness (QED) is 0.790. The molecule has 0 fully saturated rings. The Balaban J connectivity index is 1.89. The molecule has 0 aliphatic rings. The monoisotopic (exact) mass is 306 g/mol. The van der Waals surface area contributed by atoms with E-state index in [1.54, 1.807) is 13.2 Å². The molecule has 0 saturated carbocycles. The molecule has 0 atom stereocenters. The van der Waals surface area contributed by atoms with Crippen LogP contribution >= 0.6 is 22.9 Å². The number of nitrogens with zero attached hydrogens (tertiary/aromatic N) is 3. The van der Waals surface area contributed by atoms with Crippen LogP contribution in [0.2, 0.25) is 5.02 Å². The molecule has 2 aromatic heterocycles. The number of halogens is 1. The molecule has 20 heavy (non-hydrogen) atoms. The molecule has 1 amide bonds. The van der Waals surface area contributed by atoms with Gasteiger partial charge in [-0.3, -0.25) is 14.8 Å². The summed E-state index contributed by atoms with van der Waals surface area (Å²) in [6, 6.07) is 5.96. The fraction of sp³-hybridized carbons (Fsp3) is 0.154. The van der Waals surface area contributed by atoms with Crippen LogP contribution < -0.4 is 5.32 Å². The van der Waals surface area contributed by atoms with Gasteiger partial charge in [-0.25, -0.2) is 4.98 Å². The summed E-state index contributed by atoms with van der Waals surface area (Å²) in [6.45, 7) is 2.02. The highest BCUT2D eigenvalue weighted by Gasteiger charge is 2.16. The molecule has 2 heterocycles. The van der Waals surface area contributed by atoms with Crippen LogP contribution in [0.5, 0.6) is 0 Å². The minimum atomic E-state index is -0.355. The fourth-order valence-corrected chi connectivity index (χ4v) is 3.08. The first kappa shape index (κ1) is 13.1. The maximum absolute atomic E-state index is 12.1. The summed E-state index contributed by atoms with van der Waals surface area (Å²) in [5.74, 6) is -0.355. The Morgan fingerprint density at radius 2 is 2.25 bits per heavy atom. The average molecular weight is 307 g/mol. The number of aromatic nitrogens is 3. The summed E-state index contributed by atoms with van der Waals surface area (Å²) < 4.78 is 2.53. The largest absolute Gasteiger partial charge is 0.296 e. The molecular formula is C13H11ClN4OS. The third-order valence-corrected chi connectivity index (χ3v) is 3.97. The number of hydrogen-bond acceptors (Lipinski definition) is 4. The lowest BCUT2D eigenvalue weighted by molar-refractivity contribution is 0.102. The highest BCUT2D eigenvalue weighted by molar-refractivity contribution is 7.22. The second-order valence-corrected chi connectivity index (χ2v) is 5.88. The van der Waals surface area contributed by atoms with E-state index >= 15 is 0 Å². The standard InChI is InChI=1S/C13H11ClN4OS/c1-7-3-4-9-10(5-7)20-13(15-9)16-12(19)11-8(14)6-18(2)17-11/h3-6H,1-2H3,(H,15,16,19). The first-order valence-electron chi connectivity index (χ1n) is 5.90. The lowest BCUT2D eigenvalue weighted by Crippen LogP contribution is -2.13. The Hall–Kier alpha value is -1.92. The lowest BCUT2D eigenvalue weighted by atomic mass is 10.2. The normalized spacial score (nSPS) is 10.9. The highest BCUT2D eigenvalue weighted by Crippen LogP contribution is 2.27. The number of aryl methyl sites for hydroxylation is 2. The van der Waals surface area contributed by atoms with Gasteiger partial charge in [0.25, 0.3) is 5.91 Å². The molecule has 0 spiro atoms. The van der Waals surface area contributed by atoms with Gasteiger partial charge in [0, 0.05) is 13.2 Å². The zero-order valence-electron chi connectivity index (χ0n) is 10.8. The number of benzene rings is 1. The van der Waals surface area contributed by atoms with Gasteiger partial charge in [0.2, 0.25) is 0 Å². The average Bonchev–Trinajstić information content (AvgIpc) is 2.91. The van der Waals surface area contributed by atoms with Gasteiger partial charge in [-0.05, 0) is 24.6 Å². The smallest absolute Gasteiger partial charge is 0.279 e. The molecule has 102 valence electrons. The molecule has 7 heteroatoms. The number of thiazole rings is 1. The zero-order chi connectivity index (χ0) is 14.3. The van der Waals surface area contributed by atoms with Gasteiger partial charge in [0.1, 0.15) is 0 Å². The van der Waals surface area contributed by atoms with Gasteiger partial charge in [0.15, 0.2) is 10.8 Å². The maximum atomic E-state index is 12.1. The minimum absolute atomic E-state index is 0.199. The molecule has 0 unspecified atom stereocenters. The third kappa shape index (κ3) is 2.39. The predicted octanol–water partition coefficient (Wildman–Crippen LogP) is 3.24. The SMILES string of the molecule is Cc1ccc2nc(NC(=O)c3nn(C)cc3Cl)sc2c1. The van der Waals surface area contributed by atoms with E-state index < -0.39 is 0 Å². The Morgan fingerprint density at radius 1 is 1.45 bits per heavy atom. The van der Waals surface area contributed by atoms with E-state index in [2.05, 4.69) is 15.4 Å². The van der Waals surface area contributed by atoms with Crippen molar-refractivity contribution in [1.29, 1.82) is 0 Å². The van der Waals surface area contributed by atoms with Crippen molar-refractivity contribution >= 4 is 44.2 Å². The third-order valence-electron chi connectivity index (χ3n) is 2.76. The Labute approximate surface area is 124 Å². The van der Waals surface area contributed by atoms with Crippen LogP contribution in [0.3, 0.4) is 0 Å². The van der Waals surface area contributed by atoms with Crippen LogP contribution in [0.1, 0.15) is 16.1 Å². The van der Waals surface area contributed by atoms with Crippen molar-refractivity contribution in [3.8, 4) is 0 Å². The molecule has 3 rings (SSSR count). The van der Waals surface area contributed by atoms with Crippen molar-refractivity contribution in [2.75, 3.05) is 5.32 Å². The van der Waals surface area contributed by atoms with Crippen LogP contribution in [0.25, 0.3) is 10.2 Å². The second-order valence-electron chi connectivity index (χ2n) is 4.44. The van der Waals surface area contributed by atoms with Gasteiger partial charge in [-0.2, -0.15) is 5.10 Å². The number of hydrogen-bond donors (Lipinski definition) is 1. The Kier molecular flexibility index (Phi) is 3.19. The van der Waals surface area contributed by atoms with E-state index in [9.17, 15) is 4.79 Å². The van der Waals surface area contributed by atoms with Gasteiger partial charge in [-0.1, -0.05) is 29.0 Å². The van der Waals surface area contributed by atoms with E-state index in [1.807, 2.05) is 25.1 Å². The molecule has 0 aliphatic heterocycles. The van der Waals surface area contributed by atoms with E-state index in [-0.39, 0.29) is 11.6 Å². The van der Waals surface area contributed by atoms with Crippen LogP contribution in [-0.2, 0) is 7.05 Å². The van der Waals surface area contributed by atoms with E-state index in [0.717, 1.165) is 15.8 Å². The minimum Gasteiger partial charge on any atom is -0.296 e. The molecular weight excluding hydrogens is 296 g/mol. The topological polar surface area (TPSA) is 59.8 Å². The van der Waals surface area contributed by atoms with Gasteiger partial charge < -0.3 is 0 Å². The number of amides is 1. The number of anilines is 1. The summed E-state index contributed by atoms with van der Waals surface area (Å²) in [5, 5.41) is 7.61. The van der Waals surface area contributed by atoms with E-state index in [0.29, 0.717) is 10.2 Å². The molecule has 1 aromatic carbocycles. The fourth-order valence-electron chi connectivity index (χ4n) is 1.86. The Morgan fingerprint density at radius 3 is 2.95 bits per heavy atom. The van der Waals surface area contributed by atoms with E-state index in [4.69, 9.17) is 11.6 Å². The number of nitrogens with one attached hydrogen (secondary N) is 1. The summed E-state index contributed by atoms with van der Waals surface area (Å²) in [7, 11) is 1.71. The molecule has 3 aromatic rings. The molecule has 5 nitrogen and oxygen atoms in total. The van der Waals surface area contributed by atoms with Crippen LogP contribution in [0.4, 0.5) is 5.13 Å². The van der Waals surface area contributed by atoms with Crippen LogP contribution in [0.15, 0.2) is 24.4 Å². The molecule has 0 aliphatic carbocycles. The highest BCUT2D eigenvalue weighted by atomic mass is 35.5. The number of rotatable bonds is 2. The Bertz CT molecular complexity index is 808. The predicted molar refractivity (Wildman–Crippen MR) is 80.5 cm³/mol. The van der Waals surface area contributed by atoms with Crippen molar-refractivity contribution in [2.45, 2.75) is 6.92 Å². The number of carbonyl (C=O) groups excluding carboxylic acids is 1. The lowest BCUT2D eigenvalue weighted by Gasteiger charge is -1.97. The van der Waals surface area contributed by atoms with Crippen molar-refractivity contribution in [1.82, 2.24) is 14.8 Å². The van der Waals surface area contributed by atoms with Gasteiger partial charge in [0.05, 0.1) is 15.2 Å². The van der Waals surface area contributed by atoms with Gasteiger partial charge in [-0.15, -0.1) is 0 Å². The summed E-state index contributed by atoms with van der Waals surface area (Å²) in [5.41, 5.74) is 2.22. The number of carbonyl (C=O) groups is 1. The van der Waals surface area contributed by atoms with Crippen LogP contribution in [0, 0.1) is 6.92 Å². The summed E-state index contributed by atoms with van der Waals surface area (Å²) in [6.07, 6.45) is 1.58. The molecule has 0 radical (unpaired) electrons. The summed E-state index contributed by atoms with van der Waals surface area (Å²) >= 11 is 7.37. The van der Waals surface area contributed by atoms with Crippen molar-refractivity contribution in [3.05, 3.63) is 40.7 Å². The molecule has 0 saturated heterocycles. The first-order valence-corrected chi connectivity index (χ1v) is 7.10.